The van der Waals surface area contributed by atoms with Crippen molar-refractivity contribution in [2.45, 2.75) is 6.54 Å². The molecule has 0 aliphatic rings. The van der Waals surface area contributed by atoms with Crippen molar-refractivity contribution >= 4 is 11.6 Å². The van der Waals surface area contributed by atoms with Crippen LogP contribution in [0.2, 0.25) is 0 Å². The van der Waals surface area contributed by atoms with Gasteiger partial charge in [-0.1, -0.05) is 24.3 Å². The number of anilines is 1. The van der Waals surface area contributed by atoms with Crippen molar-refractivity contribution in [1.29, 1.82) is 0 Å². The van der Waals surface area contributed by atoms with Crippen LogP contribution in [-0.2, 0) is 6.54 Å². The number of ether oxygens (including phenoxy) is 1. The van der Waals surface area contributed by atoms with Crippen molar-refractivity contribution in [2.24, 2.45) is 0 Å². The molecule has 0 N–H and O–H groups in total. The van der Waals surface area contributed by atoms with Gasteiger partial charge >= 0.3 is 0 Å². The lowest BCUT2D eigenvalue weighted by molar-refractivity contribution is 0.0781. The van der Waals surface area contributed by atoms with Gasteiger partial charge in [0.2, 0.25) is 0 Å². The van der Waals surface area contributed by atoms with E-state index in [-0.39, 0.29) is 5.91 Å². The first kappa shape index (κ1) is 15.9. The average molecular weight is 298 g/mol. The topological polar surface area (TPSA) is 32.8 Å². The molecule has 0 aromatic heterocycles. The lowest BCUT2D eigenvalue weighted by Crippen LogP contribution is -2.26. The lowest BCUT2D eigenvalue weighted by Gasteiger charge is -2.19. The van der Waals surface area contributed by atoms with Gasteiger partial charge in [0.15, 0.2) is 0 Å². The lowest BCUT2D eigenvalue weighted by atomic mass is 10.1. The first-order valence-electron chi connectivity index (χ1n) is 7.17. The predicted octanol–water partition coefficient (Wildman–Crippen LogP) is 3.03. The van der Waals surface area contributed by atoms with Crippen molar-refractivity contribution in [1.82, 2.24) is 4.90 Å². The maximum atomic E-state index is 12.5. The van der Waals surface area contributed by atoms with Crippen LogP contribution in [0.1, 0.15) is 15.9 Å². The quantitative estimate of drug-likeness (QED) is 0.850. The molecular formula is C18H22N2O2. The molecule has 0 aliphatic carbocycles. The van der Waals surface area contributed by atoms with Crippen molar-refractivity contribution in [3.8, 4) is 5.75 Å². The zero-order valence-corrected chi connectivity index (χ0v) is 13.5. The molecule has 2 aromatic rings. The maximum absolute atomic E-state index is 12.5. The van der Waals surface area contributed by atoms with Crippen molar-refractivity contribution in [3.05, 3.63) is 59.7 Å². The number of hydrogen-bond acceptors (Lipinski definition) is 3. The van der Waals surface area contributed by atoms with E-state index in [1.807, 2.05) is 43.3 Å². The second-order valence-corrected chi connectivity index (χ2v) is 5.42. The van der Waals surface area contributed by atoms with Crippen LogP contribution < -0.4 is 9.64 Å². The Morgan fingerprint density at radius 2 is 1.64 bits per heavy atom. The normalized spacial score (nSPS) is 10.2. The fraction of sp³-hybridized carbons (Fsp3) is 0.278. The number of amides is 1. The van der Waals surface area contributed by atoms with E-state index in [1.165, 1.54) is 0 Å². The Morgan fingerprint density at radius 1 is 1.00 bits per heavy atom. The van der Waals surface area contributed by atoms with Gasteiger partial charge in [0.1, 0.15) is 5.75 Å². The van der Waals surface area contributed by atoms with E-state index in [2.05, 4.69) is 12.1 Å². The standard InChI is InChI=1S/C18H22N2O2/c1-19(2)15-11-9-14(10-12-15)13-20(3)18(21)16-7-5-6-8-17(16)22-4/h5-12H,13H2,1-4H3. The van der Waals surface area contributed by atoms with Crippen LogP contribution in [0.25, 0.3) is 0 Å². The summed E-state index contributed by atoms with van der Waals surface area (Å²) in [6, 6.07) is 15.5. The molecule has 0 spiro atoms. The molecule has 0 aliphatic heterocycles. The van der Waals surface area contributed by atoms with E-state index >= 15 is 0 Å². The van der Waals surface area contributed by atoms with Crippen LogP contribution in [0.15, 0.2) is 48.5 Å². The molecule has 2 aromatic carbocycles. The SMILES string of the molecule is COc1ccccc1C(=O)N(C)Cc1ccc(N(C)C)cc1. The Labute approximate surface area is 131 Å². The monoisotopic (exact) mass is 298 g/mol. The molecule has 0 bridgehead atoms. The summed E-state index contributed by atoms with van der Waals surface area (Å²) in [4.78, 5) is 16.3. The van der Waals surface area contributed by atoms with E-state index < -0.39 is 0 Å². The van der Waals surface area contributed by atoms with E-state index in [9.17, 15) is 4.79 Å². The minimum Gasteiger partial charge on any atom is -0.496 e. The van der Waals surface area contributed by atoms with Gasteiger partial charge in [-0.15, -0.1) is 0 Å². The van der Waals surface area contributed by atoms with Crippen LogP contribution in [0.4, 0.5) is 5.69 Å². The van der Waals surface area contributed by atoms with Crippen molar-refractivity contribution in [3.63, 3.8) is 0 Å². The second kappa shape index (κ2) is 6.98. The zero-order valence-electron chi connectivity index (χ0n) is 13.5. The van der Waals surface area contributed by atoms with Gasteiger partial charge in [0, 0.05) is 33.4 Å². The van der Waals surface area contributed by atoms with E-state index in [0.717, 1.165) is 11.3 Å². The van der Waals surface area contributed by atoms with Crippen LogP contribution >= 0.6 is 0 Å². The summed E-state index contributed by atoms with van der Waals surface area (Å²) < 4.78 is 5.26. The van der Waals surface area contributed by atoms with Gasteiger partial charge in [-0.25, -0.2) is 0 Å². The highest BCUT2D eigenvalue weighted by molar-refractivity contribution is 5.96. The Bertz CT molecular complexity index is 636. The van der Waals surface area contributed by atoms with Crippen LogP contribution in [0, 0.1) is 0 Å². The smallest absolute Gasteiger partial charge is 0.257 e. The molecule has 0 saturated heterocycles. The largest absolute Gasteiger partial charge is 0.496 e. The van der Waals surface area contributed by atoms with Crippen LogP contribution in [0.5, 0.6) is 5.75 Å². The van der Waals surface area contributed by atoms with Gasteiger partial charge in [-0.2, -0.15) is 0 Å². The average Bonchev–Trinajstić information content (AvgIpc) is 2.54. The fourth-order valence-corrected chi connectivity index (χ4v) is 2.27. The number of hydrogen-bond donors (Lipinski definition) is 0. The maximum Gasteiger partial charge on any atom is 0.257 e. The Balaban J connectivity index is 2.11. The van der Waals surface area contributed by atoms with Gasteiger partial charge in [-0.05, 0) is 29.8 Å². The number of rotatable bonds is 5. The minimum atomic E-state index is -0.0471. The Morgan fingerprint density at radius 3 is 2.23 bits per heavy atom. The summed E-state index contributed by atoms with van der Waals surface area (Å²) in [5, 5.41) is 0. The Hall–Kier alpha value is -2.49. The van der Waals surface area contributed by atoms with Gasteiger partial charge in [-0.3, -0.25) is 4.79 Å². The first-order chi connectivity index (χ1) is 10.5. The predicted molar refractivity (Wildman–Crippen MR) is 89.6 cm³/mol. The summed E-state index contributed by atoms with van der Waals surface area (Å²) in [6.07, 6.45) is 0. The molecule has 0 fully saturated rings. The highest BCUT2D eigenvalue weighted by Crippen LogP contribution is 2.20. The third-order valence-electron chi connectivity index (χ3n) is 3.56. The zero-order chi connectivity index (χ0) is 16.1. The number of nitrogens with zero attached hydrogens (tertiary/aromatic N) is 2. The third kappa shape index (κ3) is 3.58. The second-order valence-electron chi connectivity index (χ2n) is 5.42. The molecule has 2 rings (SSSR count). The van der Waals surface area contributed by atoms with Gasteiger partial charge < -0.3 is 14.5 Å². The summed E-state index contributed by atoms with van der Waals surface area (Å²) in [6.45, 7) is 0.560. The van der Waals surface area contributed by atoms with Gasteiger partial charge in [0.25, 0.3) is 5.91 Å². The fourth-order valence-electron chi connectivity index (χ4n) is 2.27. The molecule has 22 heavy (non-hydrogen) atoms. The molecule has 1 amide bonds. The number of methoxy groups -OCH3 is 1. The van der Waals surface area contributed by atoms with E-state index in [0.29, 0.717) is 17.9 Å². The molecular weight excluding hydrogens is 276 g/mol. The van der Waals surface area contributed by atoms with E-state index in [1.54, 1.807) is 31.2 Å². The van der Waals surface area contributed by atoms with Gasteiger partial charge in [0.05, 0.1) is 12.7 Å². The summed E-state index contributed by atoms with van der Waals surface area (Å²) in [5.74, 6) is 0.552. The first-order valence-corrected chi connectivity index (χ1v) is 7.17. The number of carbonyl (C=O) groups is 1. The molecule has 0 heterocycles. The van der Waals surface area contributed by atoms with Crippen molar-refractivity contribution < 1.29 is 9.53 Å². The third-order valence-corrected chi connectivity index (χ3v) is 3.56. The minimum absolute atomic E-state index is 0.0471. The molecule has 116 valence electrons. The van der Waals surface area contributed by atoms with Crippen LogP contribution in [0.3, 0.4) is 0 Å². The number of benzene rings is 2. The number of para-hydroxylation sites is 1. The Kier molecular flexibility index (Phi) is 5.04. The van der Waals surface area contributed by atoms with Crippen molar-refractivity contribution in [2.75, 3.05) is 33.2 Å². The molecule has 4 nitrogen and oxygen atoms in total. The molecule has 4 heteroatoms. The highest BCUT2D eigenvalue weighted by Gasteiger charge is 2.16. The highest BCUT2D eigenvalue weighted by atomic mass is 16.5. The van der Waals surface area contributed by atoms with E-state index in [4.69, 9.17) is 4.74 Å². The molecule has 0 unspecified atom stereocenters. The van der Waals surface area contributed by atoms with Crippen LogP contribution in [-0.4, -0.2) is 39.1 Å². The molecule has 0 radical (unpaired) electrons. The molecule has 0 saturated carbocycles. The summed E-state index contributed by atoms with van der Waals surface area (Å²) in [5.41, 5.74) is 2.82. The summed E-state index contributed by atoms with van der Waals surface area (Å²) >= 11 is 0. The number of carbonyl (C=O) groups excluding carboxylic acids is 1. The molecule has 0 atom stereocenters. The summed E-state index contributed by atoms with van der Waals surface area (Å²) in [7, 11) is 7.39.